The van der Waals surface area contributed by atoms with Gasteiger partial charge in [-0.2, -0.15) is 5.10 Å². The highest BCUT2D eigenvalue weighted by molar-refractivity contribution is 8.00. The van der Waals surface area contributed by atoms with Crippen molar-refractivity contribution in [1.82, 2.24) is 20.7 Å². The van der Waals surface area contributed by atoms with E-state index in [4.69, 9.17) is 4.52 Å². The second-order valence-corrected chi connectivity index (χ2v) is 6.79. The van der Waals surface area contributed by atoms with Crippen LogP contribution in [0, 0.1) is 6.92 Å². The lowest BCUT2D eigenvalue weighted by Crippen LogP contribution is -2.25. The number of amides is 2. The normalized spacial score (nSPS) is 10.6. The summed E-state index contributed by atoms with van der Waals surface area (Å²) in [6.45, 7) is 2.18. The van der Waals surface area contributed by atoms with Gasteiger partial charge < -0.3 is 15.2 Å². The molecule has 0 fully saturated rings. The van der Waals surface area contributed by atoms with Crippen LogP contribution in [0.3, 0.4) is 0 Å². The molecule has 0 saturated heterocycles. The number of nitrogens with zero attached hydrogens (tertiary/aromatic N) is 2. The van der Waals surface area contributed by atoms with E-state index in [2.05, 4.69) is 26.0 Å². The molecule has 0 spiro atoms. The number of aryl methyl sites for hydroxylation is 1. The van der Waals surface area contributed by atoms with Crippen LogP contribution in [0.25, 0.3) is 11.3 Å². The van der Waals surface area contributed by atoms with Crippen LogP contribution in [0.2, 0.25) is 0 Å². The van der Waals surface area contributed by atoms with E-state index in [0.29, 0.717) is 18.1 Å². The first kappa shape index (κ1) is 18.7. The van der Waals surface area contributed by atoms with E-state index in [1.807, 2.05) is 30.3 Å². The van der Waals surface area contributed by atoms with Gasteiger partial charge in [-0.1, -0.05) is 29.4 Å². The van der Waals surface area contributed by atoms with Crippen LogP contribution >= 0.6 is 11.8 Å². The zero-order chi connectivity index (χ0) is 19.1. The van der Waals surface area contributed by atoms with Crippen LogP contribution in [0.5, 0.6) is 0 Å². The second kappa shape index (κ2) is 9.04. The minimum Gasteiger partial charge on any atom is -0.360 e. The summed E-state index contributed by atoms with van der Waals surface area (Å²) in [7, 11) is 0. The molecular weight excluding hydrogens is 366 g/mol. The molecule has 2 amide bonds. The van der Waals surface area contributed by atoms with Gasteiger partial charge in [0.15, 0.2) is 5.82 Å². The third-order valence-corrected chi connectivity index (χ3v) is 4.55. The number of benzene rings is 1. The quantitative estimate of drug-likeness (QED) is 0.549. The van der Waals surface area contributed by atoms with Gasteiger partial charge in [0.05, 0.1) is 17.2 Å². The van der Waals surface area contributed by atoms with Crippen LogP contribution in [-0.4, -0.2) is 38.7 Å². The molecule has 9 heteroatoms. The number of carbonyl (C=O) groups excluding carboxylic acids is 2. The summed E-state index contributed by atoms with van der Waals surface area (Å²) in [5.74, 6) is 1.02. The maximum absolute atomic E-state index is 11.9. The van der Waals surface area contributed by atoms with Gasteiger partial charge in [0, 0.05) is 18.8 Å². The SMILES string of the molecule is Cc1cc(NC(=O)CSCC(=O)NCc2ccc(-c3ccn[nH]3)cc2)no1. The third-order valence-electron chi connectivity index (χ3n) is 3.62. The van der Waals surface area contributed by atoms with E-state index in [9.17, 15) is 9.59 Å². The predicted molar refractivity (Wildman–Crippen MR) is 103 cm³/mol. The molecule has 0 aliphatic carbocycles. The molecule has 3 rings (SSSR count). The first-order chi connectivity index (χ1) is 13.1. The Morgan fingerprint density at radius 3 is 2.59 bits per heavy atom. The molecule has 8 nitrogen and oxygen atoms in total. The lowest BCUT2D eigenvalue weighted by Gasteiger charge is -2.06. The van der Waals surface area contributed by atoms with E-state index < -0.39 is 0 Å². The third kappa shape index (κ3) is 5.71. The Kier molecular flexibility index (Phi) is 6.26. The summed E-state index contributed by atoms with van der Waals surface area (Å²) in [5.41, 5.74) is 2.98. The Balaban J connectivity index is 1.35. The van der Waals surface area contributed by atoms with Gasteiger partial charge in [-0.15, -0.1) is 11.8 Å². The molecule has 0 unspecified atom stereocenters. The monoisotopic (exact) mass is 385 g/mol. The molecule has 27 heavy (non-hydrogen) atoms. The van der Waals surface area contributed by atoms with Gasteiger partial charge in [-0.05, 0) is 24.1 Å². The van der Waals surface area contributed by atoms with E-state index >= 15 is 0 Å². The van der Waals surface area contributed by atoms with E-state index in [0.717, 1.165) is 16.8 Å². The lowest BCUT2D eigenvalue weighted by molar-refractivity contribution is -0.118. The molecule has 2 aromatic heterocycles. The molecular formula is C18H19N5O3S. The van der Waals surface area contributed by atoms with Gasteiger partial charge >= 0.3 is 0 Å². The summed E-state index contributed by atoms with van der Waals surface area (Å²) in [6.07, 6.45) is 1.70. The lowest BCUT2D eigenvalue weighted by atomic mass is 10.1. The summed E-state index contributed by atoms with van der Waals surface area (Å²) in [6, 6.07) is 11.4. The van der Waals surface area contributed by atoms with Crippen LogP contribution in [0.1, 0.15) is 11.3 Å². The smallest absolute Gasteiger partial charge is 0.235 e. The number of rotatable bonds is 8. The van der Waals surface area contributed by atoms with Gasteiger partial charge in [-0.3, -0.25) is 14.7 Å². The Bertz CT molecular complexity index is 890. The average Bonchev–Trinajstić information content (AvgIpc) is 3.32. The number of hydrogen-bond donors (Lipinski definition) is 3. The highest BCUT2D eigenvalue weighted by Gasteiger charge is 2.08. The van der Waals surface area contributed by atoms with Gasteiger partial charge in [0.2, 0.25) is 11.8 Å². The fourth-order valence-corrected chi connectivity index (χ4v) is 2.96. The van der Waals surface area contributed by atoms with E-state index in [1.165, 1.54) is 11.8 Å². The van der Waals surface area contributed by atoms with E-state index in [-0.39, 0.29) is 23.3 Å². The topological polar surface area (TPSA) is 113 Å². The summed E-state index contributed by atoms with van der Waals surface area (Å²) in [4.78, 5) is 23.7. The number of H-pyrrole nitrogens is 1. The van der Waals surface area contributed by atoms with Crippen LogP contribution in [-0.2, 0) is 16.1 Å². The number of carbonyl (C=O) groups is 2. The second-order valence-electron chi connectivity index (χ2n) is 5.81. The Morgan fingerprint density at radius 1 is 1.15 bits per heavy atom. The molecule has 0 bridgehead atoms. The zero-order valence-corrected chi connectivity index (χ0v) is 15.5. The number of nitrogens with one attached hydrogen (secondary N) is 3. The van der Waals surface area contributed by atoms with Crippen molar-refractivity contribution >= 4 is 29.4 Å². The van der Waals surface area contributed by atoms with E-state index in [1.54, 1.807) is 19.2 Å². The fourth-order valence-electron chi connectivity index (χ4n) is 2.31. The van der Waals surface area contributed by atoms with Crippen LogP contribution in [0.15, 0.2) is 47.1 Å². The molecule has 3 aromatic rings. The van der Waals surface area contributed by atoms with Crippen molar-refractivity contribution in [3.8, 4) is 11.3 Å². The van der Waals surface area contributed by atoms with Crippen LogP contribution < -0.4 is 10.6 Å². The number of hydrogen-bond acceptors (Lipinski definition) is 6. The highest BCUT2D eigenvalue weighted by atomic mass is 32.2. The molecule has 3 N–H and O–H groups in total. The van der Waals surface area contributed by atoms with Gasteiger partial charge in [0.25, 0.3) is 0 Å². The van der Waals surface area contributed by atoms with Crippen molar-refractivity contribution in [2.45, 2.75) is 13.5 Å². The van der Waals surface area contributed by atoms with Crippen molar-refractivity contribution in [3.63, 3.8) is 0 Å². The van der Waals surface area contributed by atoms with Crippen molar-refractivity contribution in [1.29, 1.82) is 0 Å². The molecule has 2 heterocycles. The average molecular weight is 385 g/mol. The number of thioether (sulfide) groups is 1. The molecule has 140 valence electrons. The summed E-state index contributed by atoms with van der Waals surface area (Å²) >= 11 is 1.24. The van der Waals surface area contributed by atoms with Crippen molar-refractivity contribution in [2.75, 3.05) is 16.8 Å². The van der Waals surface area contributed by atoms with Gasteiger partial charge in [0.1, 0.15) is 5.76 Å². The molecule has 0 aliphatic rings. The maximum Gasteiger partial charge on any atom is 0.235 e. The van der Waals surface area contributed by atoms with Gasteiger partial charge in [-0.25, -0.2) is 0 Å². The summed E-state index contributed by atoms with van der Waals surface area (Å²) < 4.78 is 4.87. The minimum atomic E-state index is -0.226. The van der Waals surface area contributed by atoms with Crippen LogP contribution in [0.4, 0.5) is 5.82 Å². The largest absolute Gasteiger partial charge is 0.360 e. The number of anilines is 1. The Hall–Kier alpha value is -3.07. The van der Waals surface area contributed by atoms with Crippen molar-refractivity contribution in [2.24, 2.45) is 0 Å². The first-order valence-electron chi connectivity index (χ1n) is 8.26. The van der Waals surface area contributed by atoms with Crippen molar-refractivity contribution in [3.05, 3.63) is 53.9 Å². The Morgan fingerprint density at radius 2 is 1.93 bits per heavy atom. The maximum atomic E-state index is 11.9. The number of aromatic nitrogens is 3. The Labute approximate surface area is 160 Å². The predicted octanol–water partition coefficient (Wildman–Crippen LogP) is 2.36. The zero-order valence-electron chi connectivity index (χ0n) is 14.7. The molecule has 0 atom stereocenters. The molecule has 0 aliphatic heterocycles. The van der Waals surface area contributed by atoms with Crippen molar-refractivity contribution < 1.29 is 14.1 Å². The standard InChI is InChI=1S/C18H19N5O3S/c1-12-8-16(23-26-12)21-18(25)11-27-10-17(24)19-9-13-2-4-14(5-3-13)15-6-7-20-22-15/h2-8H,9-11H2,1H3,(H,19,24)(H,20,22)(H,21,23,25). The molecule has 0 radical (unpaired) electrons. The fraction of sp³-hybridized carbons (Fsp3) is 0.222. The summed E-state index contributed by atoms with van der Waals surface area (Å²) in [5, 5.41) is 16.0. The molecule has 1 aromatic carbocycles. The number of aromatic amines is 1. The minimum absolute atomic E-state index is 0.122. The molecule has 0 saturated carbocycles. The first-order valence-corrected chi connectivity index (χ1v) is 9.42. The highest BCUT2D eigenvalue weighted by Crippen LogP contribution is 2.16.